The van der Waals surface area contributed by atoms with Crippen LogP contribution in [0.4, 0.5) is 4.79 Å². The van der Waals surface area contributed by atoms with Gasteiger partial charge in [0.1, 0.15) is 5.54 Å². The lowest BCUT2D eigenvalue weighted by atomic mass is 9.81. The van der Waals surface area contributed by atoms with E-state index in [0.717, 1.165) is 43.2 Å². The van der Waals surface area contributed by atoms with Crippen LogP contribution in [-0.2, 0) is 17.9 Å². The number of hydrogen-bond donors (Lipinski definition) is 4. The highest BCUT2D eigenvalue weighted by Gasteiger charge is 2.50. The maximum atomic E-state index is 13.2. The standard InChI is InChI=1S/C23H37N5O2/c1-5-7-13-23(17(3)4)20(29)28(21(24)27-23)16-19-11-9-18(10-12-19)15-26-22(30)25-14-8-6-2/h9-12,17H,5-8,13-16H2,1-4H3,(H2,24,27)(H2,25,26,30). The van der Waals surface area contributed by atoms with Crippen molar-refractivity contribution in [3.8, 4) is 0 Å². The van der Waals surface area contributed by atoms with Crippen LogP contribution in [0.1, 0.15) is 70.9 Å². The summed E-state index contributed by atoms with van der Waals surface area (Å²) in [5.41, 5.74) is 1.27. The number of nitrogens with one attached hydrogen (secondary N) is 4. The van der Waals surface area contributed by atoms with Gasteiger partial charge in [-0.2, -0.15) is 0 Å². The van der Waals surface area contributed by atoms with Crippen LogP contribution in [0.3, 0.4) is 0 Å². The van der Waals surface area contributed by atoms with Crippen molar-refractivity contribution in [1.29, 1.82) is 5.41 Å². The number of carbonyl (C=O) groups is 2. The molecule has 1 saturated heterocycles. The first-order chi connectivity index (χ1) is 14.3. The molecule has 7 nitrogen and oxygen atoms in total. The quantitative estimate of drug-likeness (QED) is 0.415. The molecular formula is C23H37N5O2. The molecule has 2 rings (SSSR count). The lowest BCUT2D eigenvalue weighted by molar-refractivity contribution is -0.133. The number of benzene rings is 1. The van der Waals surface area contributed by atoms with Gasteiger partial charge in [-0.1, -0.05) is 71.2 Å². The zero-order valence-corrected chi connectivity index (χ0v) is 18.8. The summed E-state index contributed by atoms with van der Waals surface area (Å²) in [6, 6.07) is 7.65. The Bertz CT molecular complexity index is 732. The molecule has 4 N–H and O–H groups in total. The second kappa shape index (κ2) is 11.0. The van der Waals surface area contributed by atoms with E-state index in [2.05, 4.69) is 29.8 Å². The number of carbonyl (C=O) groups excluding carboxylic acids is 2. The molecule has 0 bridgehead atoms. The van der Waals surface area contributed by atoms with E-state index < -0.39 is 5.54 Å². The van der Waals surface area contributed by atoms with E-state index in [1.54, 1.807) is 4.90 Å². The van der Waals surface area contributed by atoms with Gasteiger partial charge in [-0.25, -0.2) is 4.79 Å². The monoisotopic (exact) mass is 415 g/mol. The number of unbranched alkanes of at least 4 members (excludes halogenated alkanes) is 2. The summed E-state index contributed by atoms with van der Waals surface area (Å²) >= 11 is 0. The van der Waals surface area contributed by atoms with Gasteiger partial charge in [0.25, 0.3) is 5.91 Å². The van der Waals surface area contributed by atoms with Gasteiger partial charge in [0, 0.05) is 13.1 Å². The van der Waals surface area contributed by atoms with Crippen molar-refractivity contribution < 1.29 is 9.59 Å². The number of hydrogen-bond acceptors (Lipinski definition) is 3. The molecule has 0 spiro atoms. The van der Waals surface area contributed by atoms with E-state index >= 15 is 0 Å². The molecule has 1 aliphatic rings. The third-order valence-electron chi connectivity index (χ3n) is 5.78. The second-order valence-electron chi connectivity index (χ2n) is 8.37. The number of amides is 3. The molecule has 1 heterocycles. The van der Waals surface area contributed by atoms with Gasteiger partial charge in [-0.15, -0.1) is 0 Å². The maximum absolute atomic E-state index is 13.2. The highest BCUT2D eigenvalue weighted by Crippen LogP contribution is 2.31. The molecule has 0 aliphatic carbocycles. The van der Waals surface area contributed by atoms with E-state index in [9.17, 15) is 9.59 Å². The Morgan fingerprint density at radius 1 is 1.10 bits per heavy atom. The van der Waals surface area contributed by atoms with E-state index in [1.807, 2.05) is 38.1 Å². The summed E-state index contributed by atoms with van der Waals surface area (Å²) in [4.78, 5) is 26.5. The van der Waals surface area contributed by atoms with Crippen LogP contribution >= 0.6 is 0 Å². The minimum atomic E-state index is -0.678. The van der Waals surface area contributed by atoms with E-state index in [1.165, 1.54) is 0 Å². The molecule has 1 aliphatic heterocycles. The Morgan fingerprint density at radius 2 is 1.73 bits per heavy atom. The molecule has 1 atom stereocenters. The normalized spacial score (nSPS) is 18.6. The third-order valence-corrected chi connectivity index (χ3v) is 5.78. The largest absolute Gasteiger partial charge is 0.341 e. The van der Waals surface area contributed by atoms with Crippen molar-refractivity contribution in [2.45, 2.75) is 78.4 Å². The molecular weight excluding hydrogens is 378 g/mol. The van der Waals surface area contributed by atoms with Crippen LogP contribution in [0.25, 0.3) is 0 Å². The lowest BCUT2D eigenvalue weighted by Crippen LogP contribution is -2.51. The zero-order chi connectivity index (χ0) is 22.1. The Morgan fingerprint density at radius 3 is 2.33 bits per heavy atom. The number of rotatable bonds is 11. The van der Waals surface area contributed by atoms with Gasteiger partial charge >= 0.3 is 6.03 Å². The maximum Gasteiger partial charge on any atom is 0.315 e. The van der Waals surface area contributed by atoms with Crippen molar-refractivity contribution in [3.63, 3.8) is 0 Å². The van der Waals surface area contributed by atoms with Gasteiger partial charge in [0.05, 0.1) is 6.54 Å². The summed E-state index contributed by atoms with van der Waals surface area (Å²) in [5, 5.41) is 17.2. The van der Waals surface area contributed by atoms with Crippen molar-refractivity contribution in [3.05, 3.63) is 35.4 Å². The van der Waals surface area contributed by atoms with Crippen LogP contribution in [0, 0.1) is 11.3 Å². The van der Waals surface area contributed by atoms with Crippen LogP contribution in [0.15, 0.2) is 24.3 Å². The number of urea groups is 1. The third kappa shape index (κ3) is 5.74. The average Bonchev–Trinajstić information content (AvgIpc) is 2.97. The molecule has 1 aromatic rings. The van der Waals surface area contributed by atoms with Crippen molar-refractivity contribution >= 4 is 17.9 Å². The lowest BCUT2D eigenvalue weighted by Gasteiger charge is -2.31. The minimum absolute atomic E-state index is 0.00885. The van der Waals surface area contributed by atoms with Gasteiger partial charge in [-0.3, -0.25) is 15.1 Å². The van der Waals surface area contributed by atoms with Gasteiger partial charge in [0.15, 0.2) is 5.96 Å². The van der Waals surface area contributed by atoms with Crippen molar-refractivity contribution in [1.82, 2.24) is 20.9 Å². The highest BCUT2D eigenvalue weighted by atomic mass is 16.2. The fourth-order valence-corrected chi connectivity index (χ4v) is 3.70. The van der Waals surface area contributed by atoms with Crippen LogP contribution < -0.4 is 16.0 Å². The summed E-state index contributed by atoms with van der Waals surface area (Å²) in [6.45, 7) is 9.78. The van der Waals surface area contributed by atoms with Crippen molar-refractivity contribution in [2.75, 3.05) is 6.54 Å². The Kier molecular flexibility index (Phi) is 8.69. The van der Waals surface area contributed by atoms with E-state index in [0.29, 0.717) is 19.6 Å². The molecule has 30 heavy (non-hydrogen) atoms. The Labute approximate surface area is 180 Å². The summed E-state index contributed by atoms with van der Waals surface area (Å²) in [7, 11) is 0. The molecule has 0 saturated carbocycles. The van der Waals surface area contributed by atoms with Crippen molar-refractivity contribution in [2.24, 2.45) is 5.92 Å². The van der Waals surface area contributed by atoms with Crippen LogP contribution in [0.2, 0.25) is 0 Å². The summed E-state index contributed by atoms with van der Waals surface area (Å²) < 4.78 is 0. The SMILES string of the molecule is CCCCNC(=O)NCc1ccc(CN2C(=N)NC(CCCC)(C(C)C)C2=O)cc1. The zero-order valence-electron chi connectivity index (χ0n) is 18.8. The van der Waals surface area contributed by atoms with Crippen LogP contribution in [0.5, 0.6) is 0 Å². The summed E-state index contributed by atoms with van der Waals surface area (Å²) in [5.74, 6) is 0.281. The average molecular weight is 416 g/mol. The first-order valence-electron chi connectivity index (χ1n) is 11.1. The van der Waals surface area contributed by atoms with Gasteiger partial charge < -0.3 is 16.0 Å². The molecule has 0 aromatic heterocycles. The number of nitrogens with zero attached hydrogens (tertiary/aromatic N) is 1. The minimum Gasteiger partial charge on any atom is -0.341 e. The first-order valence-corrected chi connectivity index (χ1v) is 11.1. The molecule has 0 radical (unpaired) electrons. The molecule has 3 amide bonds. The van der Waals surface area contributed by atoms with Gasteiger partial charge in [-0.05, 0) is 29.9 Å². The molecule has 1 unspecified atom stereocenters. The molecule has 1 fully saturated rings. The van der Waals surface area contributed by atoms with Gasteiger partial charge in [0.2, 0.25) is 0 Å². The van der Waals surface area contributed by atoms with Crippen LogP contribution in [-0.4, -0.2) is 34.9 Å². The van der Waals surface area contributed by atoms with E-state index in [4.69, 9.17) is 5.41 Å². The smallest absolute Gasteiger partial charge is 0.315 e. The second-order valence-corrected chi connectivity index (χ2v) is 8.37. The highest BCUT2D eigenvalue weighted by molar-refractivity contribution is 6.08. The predicted octanol–water partition coefficient (Wildman–Crippen LogP) is 3.74. The predicted molar refractivity (Wildman–Crippen MR) is 120 cm³/mol. The Balaban J connectivity index is 1.95. The molecule has 7 heteroatoms. The number of guanidine groups is 1. The topological polar surface area (TPSA) is 97.3 Å². The fourth-order valence-electron chi connectivity index (χ4n) is 3.70. The molecule has 1 aromatic carbocycles. The first kappa shape index (κ1) is 23.7. The molecule has 166 valence electrons. The Hall–Kier alpha value is -2.57. The summed E-state index contributed by atoms with van der Waals surface area (Å²) in [6.07, 6.45) is 4.72. The fraction of sp³-hybridized carbons (Fsp3) is 0.609. The van der Waals surface area contributed by atoms with E-state index in [-0.39, 0.29) is 23.8 Å².